The third-order valence-electron chi connectivity index (χ3n) is 2.36. The average molecular weight is 237 g/mol. The third-order valence-corrected chi connectivity index (χ3v) is 2.36. The quantitative estimate of drug-likeness (QED) is 0.594. The van der Waals surface area contributed by atoms with Crippen molar-refractivity contribution >= 4 is 23.4 Å². The Hall–Kier alpha value is -2.08. The van der Waals surface area contributed by atoms with Crippen molar-refractivity contribution in [1.82, 2.24) is 4.57 Å². The Bertz CT molecular complexity index is 566. The highest BCUT2D eigenvalue weighted by Gasteiger charge is 2.19. The number of esters is 1. The highest BCUT2D eigenvalue weighted by atomic mass is 16.5. The Labute approximate surface area is 96.7 Å². The Balaban J connectivity index is 2.60. The van der Waals surface area contributed by atoms with E-state index < -0.39 is 5.97 Å². The SMILES string of the molecule is COCn1c(C(=O)OC)cc2cc(C=O)oc21. The molecule has 2 rings (SSSR count). The number of aldehydes is 1. The predicted octanol–water partition coefficient (Wildman–Crippen LogP) is 1.44. The second-order valence-electron chi connectivity index (χ2n) is 3.39. The Morgan fingerprint density at radius 1 is 1.47 bits per heavy atom. The molecule has 90 valence electrons. The molecule has 17 heavy (non-hydrogen) atoms. The summed E-state index contributed by atoms with van der Waals surface area (Å²) < 4.78 is 16.4. The number of nitrogens with zero attached hydrogens (tertiary/aromatic N) is 1. The van der Waals surface area contributed by atoms with Gasteiger partial charge in [-0.2, -0.15) is 0 Å². The van der Waals surface area contributed by atoms with Gasteiger partial charge in [-0.3, -0.25) is 9.36 Å². The molecule has 0 spiro atoms. The van der Waals surface area contributed by atoms with Crippen molar-refractivity contribution in [1.29, 1.82) is 0 Å². The number of aromatic nitrogens is 1. The molecule has 6 heteroatoms. The Kier molecular flexibility index (Phi) is 2.97. The number of rotatable bonds is 4. The highest BCUT2D eigenvalue weighted by molar-refractivity contribution is 5.95. The van der Waals surface area contributed by atoms with E-state index in [1.807, 2.05) is 0 Å². The zero-order valence-electron chi connectivity index (χ0n) is 9.43. The summed E-state index contributed by atoms with van der Waals surface area (Å²) in [5.74, 6) is -0.280. The van der Waals surface area contributed by atoms with E-state index in [-0.39, 0.29) is 12.5 Å². The van der Waals surface area contributed by atoms with E-state index in [1.165, 1.54) is 18.8 Å². The first-order chi connectivity index (χ1) is 8.21. The molecule has 2 aromatic rings. The molecule has 0 atom stereocenters. The topological polar surface area (TPSA) is 70.7 Å². The fraction of sp³-hybridized carbons (Fsp3) is 0.273. The van der Waals surface area contributed by atoms with Crippen molar-refractivity contribution in [3.05, 3.63) is 23.6 Å². The van der Waals surface area contributed by atoms with Crippen LogP contribution in [0.25, 0.3) is 11.1 Å². The van der Waals surface area contributed by atoms with E-state index in [0.717, 1.165) is 0 Å². The summed E-state index contributed by atoms with van der Waals surface area (Å²) in [6, 6.07) is 3.15. The minimum Gasteiger partial charge on any atom is -0.464 e. The van der Waals surface area contributed by atoms with Gasteiger partial charge in [0.2, 0.25) is 5.71 Å². The first-order valence-electron chi connectivity index (χ1n) is 4.86. The molecule has 2 aromatic heterocycles. The lowest BCUT2D eigenvalue weighted by molar-refractivity contribution is 0.0567. The monoisotopic (exact) mass is 237 g/mol. The van der Waals surface area contributed by atoms with Gasteiger partial charge >= 0.3 is 5.97 Å². The molecule has 0 aliphatic carbocycles. The number of carbonyl (C=O) groups excluding carboxylic acids is 2. The molecule has 2 heterocycles. The van der Waals surface area contributed by atoms with Crippen molar-refractivity contribution < 1.29 is 23.5 Å². The number of furan rings is 1. The van der Waals surface area contributed by atoms with Crippen LogP contribution in [0.15, 0.2) is 16.5 Å². The van der Waals surface area contributed by atoms with E-state index in [2.05, 4.69) is 4.74 Å². The minimum absolute atomic E-state index is 0.139. The van der Waals surface area contributed by atoms with Crippen LogP contribution in [-0.4, -0.2) is 31.0 Å². The highest BCUT2D eigenvalue weighted by Crippen LogP contribution is 2.23. The van der Waals surface area contributed by atoms with Gasteiger partial charge in [0, 0.05) is 12.5 Å². The maximum atomic E-state index is 11.5. The fourth-order valence-electron chi connectivity index (χ4n) is 1.65. The van der Waals surface area contributed by atoms with Crippen molar-refractivity contribution in [2.75, 3.05) is 14.2 Å². The molecule has 0 saturated heterocycles. The van der Waals surface area contributed by atoms with Crippen LogP contribution in [0.2, 0.25) is 0 Å². The van der Waals surface area contributed by atoms with Crippen LogP contribution >= 0.6 is 0 Å². The molecule has 0 unspecified atom stereocenters. The molecule has 6 nitrogen and oxygen atoms in total. The van der Waals surface area contributed by atoms with Gasteiger partial charge in [0.15, 0.2) is 12.0 Å². The van der Waals surface area contributed by atoms with Gasteiger partial charge in [0.25, 0.3) is 0 Å². The third kappa shape index (κ3) is 1.83. The van der Waals surface area contributed by atoms with E-state index in [0.29, 0.717) is 23.1 Å². The van der Waals surface area contributed by atoms with Crippen LogP contribution in [0, 0.1) is 0 Å². The summed E-state index contributed by atoms with van der Waals surface area (Å²) in [7, 11) is 2.79. The molecule has 0 radical (unpaired) electrons. The van der Waals surface area contributed by atoms with Gasteiger partial charge in [-0.25, -0.2) is 4.79 Å². The minimum atomic E-state index is -0.485. The van der Waals surface area contributed by atoms with Crippen LogP contribution in [0.1, 0.15) is 21.0 Å². The van der Waals surface area contributed by atoms with Crippen LogP contribution in [0.5, 0.6) is 0 Å². The lowest BCUT2D eigenvalue weighted by Gasteiger charge is -2.05. The van der Waals surface area contributed by atoms with Gasteiger partial charge in [-0.1, -0.05) is 0 Å². The lowest BCUT2D eigenvalue weighted by Crippen LogP contribution is -2.11. The number of ether oxygens (including phenoxy) is 2. The molecule has 0 saturated carbocycles. The predicted molar refractivity (Wildman–Crippen MR) is 57.9 cm³/mol. The molecule has 0 amide bonds. The standard InChI is InChI=1S/C11H11NO5/c1-15-6-12-9(11(14)16-2)4-7-3-8(5-13)17-10(7)12/h3-5H,6H2,1-2H3. The zero-order valence-corrected chi connectivity index (χ0v) is 9.43. The van der Waals surface area contributed by atoms with E-state index in [9.17, 15) is 9.59 Å². The zero-order chi connectivity index (χ0) is 12.4. The maximum Gasteiger partial charge on any atom is 0.354 e. The molecule has 0 bridgehead atoms. The van der Waals surface area contributed by atoms with Crippen LogP contribution < -0.4 is 0 Å². The molecule has 0 fully saturated rings. The van der Waals surface area contributed by atoms with E-state index in [4.69, 9.17) is 9.15 Å². The number of hydrogen-bond acceptors (Lipinski definition) is 5. The average Bonchev–Trinajstić information content (AvgIpc) is 2.87. The second kappa shape index (κ2) is 4.42. The number of methoxy groups -OCH3 is 2. The van der Waals surface area contributed by atoms with Crippen LogP contribution in [0.4, 0.5) is 0 Å². The smallest absolute Gasteiger partial charge is 0.354 e. The van der Waals surface area contributed by atoms with Crippen molar-refractivity contribution in [3.63, 3.8) is 0 Å². The number of hydrogen-bond donors (Lipinski definition) is 0. The number of fused-ring (bicyclic) bond motifs is 1. The fourth-order valence-corrected chi connectivity index (χ4v) is 1.65. The molecule has 0 aromatic carbocycles. The van der Waals surface area contributed by atoms with Gasteiger partial charge in [-0.15, -0.1) is 0 Å². The van der Waals surface area contributed by atoms with E-state index in [1.54, 1.807) is 12.1 Å². The summed E-state index contributed by atoms with van der Waals surface area (Å²) in [6.07, 6.45) is 0.606. The molecule has 0 aliphatic rings. The van der Waals surface area contributed by atoms with E-state index >= 15 is 0 Å². The van der Waals surface area contributed by atoms with Crippen LogP contribution in [-0.2, 0) is 16.2 Å². The van der Waals surface area contributed by atoms with Gasteiger partial charge in [0.05, 0.1) is 7.11 Å². The Morgan fingerprint density at radius 2 is 2.24 bits per heavy atom. The maximum absolute atomic E-state index is 11.5. The summed E-state index contributed by atoms with van der Waals surface area (Å²) in [5.41, 5.74) is 0.731. The largest absolute Gasteiger partial charge is 0.464 e. The molecule has 0 N–H and O–H groups in total. The van der Waals surface area contributed by atoms with Crippen molar-refractivity contribution in [2.45, 2.75) is 6.73 Å². The summed E-state index contributed by atoms with van der Waals surface area (Å²) in [5, 5.41) is 0.657. The summed E-state index contributed by atoms with van der Waals surface area (Å²) >= 11 is 0. The molecule has 0 aliphatic heterocycles. The second-order valence-corrected chi connectivity index (χ2v) is 3.39. The molecular weight excluding hydrogens is 226 g/mol. The lowest BCUT2D eigenvalue weighted by atomic mass is 10.3. The first-order valence-corrected chi connectivity index (χ1v) is 4.86. The number of carbonyl (C=O) groups is 2. The van der Waals surface area contributed by atoms with Crippen LogP contribution in [0.3, 0.4) is 0 Å². The van der Waals surface area contributed by atoms with Crippen molar-refractivity contribution in [3.8, 4) is 0 Å². The van der Waals surface area contributed by atoms with Gasteiger partial charge < -0.3 is 13.9 Å². The normalized spacial score (nSPS) is 10.7. The summed E-state index contributed by atoms with van der Waals surface area (Å²) in [4.78, 5) is 22.1. The van der Waals surface area contributed by atoms with Gasteiger partial charge in [-0.05, 0) is 12.1 Å². The van der Waals surface area contributed by atoms with Crippen molar-refractivity contribution in [2.24, 2.45) is 0 Å². The molecular formula is C11H11NO5. The van der Waals surface area contributed by atoms with Gasteiger partial charge in [0.1, 0.15) is 12.4 Å². The summed E-state index contributed by atoms with van der Waals surface area (Å²) in [6.45, 7) is 0.139. The first kappa shape index (κ1) is 11.4. The Morgan fingerprint density at radius 3 is 2.82 bits per heavy atom.